The van der Waals surface area contributed by atoms with Gasteiger partial charge in [0, 0.05) is 42.3 Å². The molecule has 1 aromatic heterocycles. The van der Waals surface area contributed by atoms with Gasteiger partial charge in [-0.1, -0.05) is 20.3 Å². The normalized spacial score (nSPS) is 16.3. The van der Waals surface area contributed by atoms with Crippen LogP contribution in [0.2, 0.25) is 0 Å². The summed E-state index contributed by atoms with van der Waals surface area (Å²) in [5.41, 5.74) is 8.50. The summed E-state index contributed by atoms with van der Waals surface area (Å²) in [5.74, 6) is 1.50. The highest BCUT2D eigenvalue weighted by molar-refractivity contribution is 5.65. The largest absolute Gasteiger partial charge is 0.398 e. The molecule has 1 aliphatic heterocycles. The summed E-state index contributed by atoms with van der Waals surface area (Å²) in [6, 6.07) is 9.98. The topological polar surface area (TPSA) is 103 Å². The van der Waals surface area contributed by atoms with Crippen molar-refractivity contribution >= 4 is 23.1 Å². The average molecular weight is 365 g/mol. The van der Waals surface area contributed by atoms with E-state index >= 15 is 0 Å². The van der Waals surface area contributed by atoms with Crippen LogP contribution < -0.4 is 21.3 Å². The highest BCUT2D eigenvalue weighted by atomic mass is 15.3. The lowest BCUT2D eigenvalue weighted by Gasteiger charge is -2.19. The number of hydrogen-bond acceptors (Lipinski definition) is 7. The van der Waals surface area contributed by atoms with Crippen LogP contribution >= 0.6 is 0 Å². The minimum atomic E-state index is 0.443. The van der Waals surface area contributed by atoms with Gasteiger partial charge in [0.1, 0.15) is 11.9 Å². The fourth-order valence-corrected chi connectivity index (χ4v) is 3.37. The maximum Gasteiger partial charge on any atom is 0.229 e. The minimum Gasteiger partial charge on any atom is -0.398 e. The van der Waals surface area contributed by atoms with Crippen molar-refractivity contribution < 1.29 is 0 Å². The quantitative estimate of drug-likeness (QED) is 0.648. The third-order valence-electron chi connectivity index (χ3n) is 4.71. The molecule has 2 aromatic rings. The van der Waals surface area contributed by atoms with Gasteiger partial charge in [-0.15, -0.1) is 0 Å². The Bertz CT molecular complexity index is 828. The number of likely N-dealkylation sites (N-methyl/N-ethyl adjacent to an activating group) is 1. The van der Waals surface area contributed by atoms with Crippen molar-refractivity contribution in [3.8, 4) is 6.07 Å². The number of nitriles is 1. The van der Waals surface area contributed by atoms with E-state index in [-0.39, 0.29) is 0 Å². The molecular formula is C20H27N7. The first-order valence-electron chi connectivity index (χ1n) is 9.55. The lowest BCUT2D eigenvalue weighted by atomic mass is 10.2. The van der Waals surface area contributed by atoms with Gasteiger partial charge in [-0.05, 0) is 37.6 Å². The van der Waals surface area contributed by atoms with Crippen molar-refractivity contribution in [3.05, 3.63) is 35.5 Å². The van der Waals surface area contributed by atoms with Crippen LogP contribution in [0.1, 0.15) is 37.9 Å². The molecule has 142 valence electrons. The molecule has 1 fully saturated rings. The Morgan fingerprint density at radius 2 is 2.15 bits per heavy atom. The van der Waals surface area contributed by atoms with E-state index in [2.05, 4.69) is 46.5 Å². The average Bonchev–Trinajstić information content (AvgIpc) is 3.12. The molecule has 0 unspecified atom stereocenters. The van der Waals surface area contributed by atoms with Gasteiger partial charge in [-0.25, -0.2) is 4.98 Å². The van der Waals surface area contributed by atoms with Gasteiger partial charge in [-0.3, -0.25) is 0 Å². The van der Waals surface area contributed by atoms with Crippen LogP contribution in [0, 0.1) is 11.3 Å². The molecular weight excluding hydrogens is 338 g/mol. The van der Waals surface area contributed by atoms with Gasteiger partial charge < -0.3 is 21.3 Å². The first-order chi connectivity index (χ1) is 13.1. The van der Waals surface area contributed by atoms with E-state index in [1.165, 1.54) is 0 Å². The van der Waals surface area contributed by atoms with Crippen molar-refractivity contribution in [1.82, 2.24) is 15.3 Å². The molecule has 0 spiro atoms. The van der Waals surface area contributed by atoms with E-state index < -0.39 is 0 Å². The van der Waals surface area contributed by atoms with E-state index in [9.17, 15) is 5.26 Å². The molecule has 0 saturated carbocycles. The number of nitrogen functional groups attached to an aromatic ring is 1. The van der Waals surface area contributed by atoms with Crippen LogP contribution in [0.5, 0.6) is 0 Å². The van der Waals surface area contributed by atoms with E-state index in [0.717, 1.165) is 56.1 Å². The second kappa shape index (κ2) is 8.69. The molecule has 7 nitrogen and oxygen atoms in total. The van der Waals surface area contributed by atoms with Crippen molar-refractivity contribution in [2.24, 2.45) is 0 Å². The molecule has 0 amide bonds. The Morgan fingerprint density at radius 3 is 2.89 bits per heavy atom. The van der Waals surface area contributed by atoms with Crippen LogP contribution in [-0.4, -0.2) is 35.6 Å². The predicted molar refractivity (Wildman–Crippen MR) is 109 cm³/mol. The first-order valence-corrected chi connectivity index (χ1v) is 9.55. The van der Waals surface area contributed by atoms with Gasteiger partial charge in [0.2, 0.25) is 5.95 Å². The highest BCUT2D eigenvalue weighted by Crippen LogP contribution is 2.24. The Kier molecular flexibility index (Phi) is 6.09. The van der Waals surface area contributed by atoms with Gasteiger partial charge in [0.15, 0.2) is 0 Å². The van der Waals surface area contributed by atoms with Crippen LogP contribution in [0.3, 0.4) is 0 Å². The smallest absolute Gasteiger partial charge is 0.229 e. The fourth-order valence-electron chi connectivity index (χ4n) is 3.37. The third-order valence-corrected chi connectivity index (χ3v) is 4.71. The summed E-state index contributed by atoms with van der Waals surface area (Å²) in [4.78, 5) is 11.7. The van der Waals surface area contributed by atoms with Crippen LogP contribution in [0.15, 0.2) is 24.3 Å². The second-order valence-electron chi connectivity index (χ2n) is 6.82. The summed E-state index contributed by atoms with van der Waals surface area (Å²) in [5, 5.41) is 15.9. The van der Waals surface area contributed by atoms with Gasteiger partial charge >= 0.3 is 0 Å². The minimum absolute atomic E-state index is 0.443. The van der Waals surface area contributed by atoms with Crippen molar-refractivity contribution in [1.29, 1.82) is 5.26 Å². The number of benzene rings is 1. The van der Waals surface area contributed by atoms with Crippen molar-refractivity contribution in [2.75, 3.05) is 35.6 Å². The van der Waals surface area contributed by atoms with E-state index in [4.69, 9.17) is 10.7 Å². The molecule has 27 heavy (non-hydrogen) atoms. The summed E-state index contributed by atoms with van der Waals surface area (Å²) in [6.07, 6.45) is 3.05. The fraction of sp³-hybridized carbons (Fsp3) is 0.450. The highest BCUT2D eigenvalue weighted by Gasteiger charge is 2.23. The number of aromatic nitrogens is 2. The Morgan fingerprint density at radius 1 is 1.30 bits per heavy atom. The zero-order valence-corrected chi connectivity index (χ0v) is 16.0. The van der Waals surface area contributed by atoms with Crippen LogP contribution in [-0.2, 0) is 6.42 Å². The first kappa shape index (κ1) is 18.9. The number of anilines is 4. The van der Waals surface area contributed by atoms with Crippen molar-refractivity contribution in [2.45, 2.75) is 39.2 Å². The molecule has 1 atom stereocenters. The Labute approximate surface area is 160 Å². The SMILES string of the molecule is CCCc1cc(N2CC[C@H](NCC)C2)nc(Nc2ccc(N)c(C#N)c2)n1. The number of hydrogen-bond donors (Lipinski definition) is 3. The molecule has 1 aliphatic rings. The number of nitrogens with zero attached hydrogens (tertiary/aromatic N) is 4. The van der Waals surface area contributed by atoms with E-state index in [0.29, 0.717) is 23.2 Å². The van der Waals surface area contributed by atoms with Crippen LogP contribution in [0.25, 0.3) is 0 Å². The van der Waals surface area contributed by atoms with Crippen molar-refractivity contribution in [3.63, 3.8) is 0 Å². The molecule has 2 heterocycles. The molecule has 0 bridgehead atoms. The molecule has 0 aliphatic carbocycles. The zero-order chi connectivity index (χ0) is 19.2. The number of aryl methyl sites for hydroxylation is 1. The molecule has 7 heteroatoms. The lowest BCUT2D eigenvalue weighted by molar-refractivity contribution is 0.571. The Balaban J connectivity index is 1.85. The standard InChI is InChI=1S/C20H27N7/c1-3-5-15-11-19(27-9-8-17(13-27)23-4-2)26-20(24-15)25-16-6-7-18(22)14(10-16)12-21/h6-7,10-11,17,23H,3-5,8-9,13,22H2,1-2H3,(H,24,25,26)/t17-/m0/s1. The predicted octanol–water partition coefficient (Wildman–Crippen LogP) is 2.81. The molecule has 0 radical (unpaired) electrons. The second-order valence-corrected chi connectivity index (χ2v) is 6.82. The molecule has 1 aromatic carbocycles. The monoisotopic (exact) mass is 365 g/mol. The summed E-state index contributed by atoms with van der Waals surface area (Å²) in [7, 11) is 0. The summed E-state index contributed by atoms with van der Waals surface area (Å²) in [6.45, 7) is 7.20. The van der Waals surface area contributed by atoms with Gasteiger partial charge in [-0.2, -0.15) is 10.2 Å². The maximum absolute atomic E-state index is 9.18. The Hall–Kier alpha value is -2.85. The third kappa shape index (κ3) is 4.66. The number of nitrogens with two attached hydrogens (primary N) is 1. The number of nitrogens with one attached hydrogen (secondary N) is 2. The summed E-state index contributed by atoms with van der Waals surface area (Å²) < 4.78 is 0. The van der Waals surface area contributed by atoms with E-state index in [1.807, 2.05) is 6.07 Å². The summed E-state index contributed by atoms with van der Waals surface area (Å²) >= 11 is 0. The number of rotatable bonds is 7. The molecule has 4 N–H and O–H groups in total. The lowest BCUT2D eigenvalue weighted by Crippen LogP contribution is -2.32. The maximum atomic E-state index is 9.18. The van der Waals surface area contributed by atoms with Gasteiger partial charge in [0.05, 0.1) is 5.56 Å². The molecule has 1 saturated heterocycles. The van der Waals surface area contributed by atoms with Gasteiger partial charge in [0.25, 0.3) is 0 Å². The molecule has 3 rings (SSSR count). The van der Waals surface area contributed by atoms with E-state index in [1.54, 1.807) is 12.1 Å². The van der Waals surface area contributed by atoms with Crippen LogP contribution in [0.4, 0.5) is 23.1 Å². The zero-order valence-electron chi connectivity index (χ0n) is 16.0.